The Morgan fingerprint density at radius 1 is 1.39 bits per heavy atom. The summed E-state index contributed by atoms with van der Waals surface area (Å²) in [6.07, 6.45) is 1.97. The molecule has 1 fully saturated rings. The molecule has 1 rings (SSSR count). The Balaban J connectivity index is 2.29. The van der Waals surface area contributed by atoms with Crippen molar-refractivity contribution < 1.29 is 19.4 Å². The number of nitrogens with one attached hydrogen (secondary N) is 2. The predicted octanol–water partition coefficient (Wildman–Crippen LogP) is 0.964. The van der Waals surface area contributed by atoms with Crippen LogP contribution in [0.15, 0.2) is 0 Å². The van der Waals surface area contributed by atoms with Crippen molar-refractivity contribution in [2.24, 2.45) is 5.92 Å². The van der Waals surface area contributed by atoms with Gasteiger partial charge in [0, 0.05) is 12.6 Å². The molecule has 2 atom stereocenters. The number of amides is 2. The molecule has 0 aliphatic heterocycles. The second kappa shape index (κ2) is 7.20. The van der Waals surface area contributed by atoms with E-state index in [1.165, 1.54) is 0 Å². The number of carboxylic acids is 1. The van der Waals surface area contributed by atoms with Crippen LogP contribution in [0.25, 0.3) is 0 Å². The highest BCUT2D eigenvalue weighted by Crippen LogP contribution is 2.33. The van der Waals surface area contributed by atoms with Gasteiger partial charge in [-0.05, 0) is 32.6 Å². The normalized spacial score (nSPS) is 17.9. The van der Waals surface area contributed by atoms with Crippen LogP contribution in [0.3, 0.4) is 0 Å². The zero-order valence-electron chi connectivity index (χ0n) is 10.9. The van der Waals surface area contributed by atoms with Crippen LogP contribution >= 0.6 is 0 Å². The maximum absolute atomic E-state index is 11.7. The van der Waals surface area contributed by atoms with Crippen LogP contribution in [0, 0.1) is 5.92 Å². The summed E-state index contributed by atoms with van der Waals surface area (Å²) < 4.78 is 5.19. The van der Waals surface area contributed by atoms with E-state index in [4.69, 9.17) is 9.84 Å². The number of aliphatic carboxylic acids is 1. The maximum atomic E-state index is 11.7. The molecule has 0 heterocycles. The van der Waals surface area contributed by atoms with Gasteiger partial charge in [-0.2, -0.15) is 0 Å². The molecule has 0 radical (unpaired) electrons. The van der Waals surface area contributed by atoms with E-state index in [0.29, 0.717) is 19.1 Å². The number of hydrogen-bond acceptors (Lipinski definition) is 3. The van der Waals surface area contributed by atoms with Gasteiger partial charge < -0.3 is 20.5 Å². The number of hydrogen-bond donors (Lipinski definition) is 3. The third kappa shape index (κ3) is 5.86. The summed E-state index contributed by atoms with van der Waals surface area (Å²) in [6.45, 7) is 4.80. The number of ether oxygens (including phenoxy) is 1. The van der Waals surface area contributed by atoms with Gasteiger partial charge in [0.15, 0.2) is 0 Å². The Kier molecular flexibility index (Phi) is 5.91. The van der Waals surface area contributed by atoms with E-state index in [9.17, 15) is 9.59 Å². The fraction of sp³-hybridized carbons (Fsp3) is 0.833. The standard InChI is InChI=1S/C12H22N2O4/c1-3-18-7-8(2)13-12(17)14-10(6-11(15)16)9-4-5-9/h8-10H,3-7H2,1-2H3,(H,15,16)(H2,13,14,17). The molecule has 0 bridgehead atoms. The van der Waals surface area contributed by atoms with Crippen LogP contribution in [-0.2, 0) is 9.53 Å². The smallest absolute Gasteiger partial charge is 0.315 e. The molecule has 0 saturated heterocycles. The molecule has 6 heteroatoms. The van der Waals surface area contributed by atoms with Gasteiger partial charge in [0.2, 0.25) is 0 Å². The summed E-state index contributed by atoms with van der Waals surface area (Å²) in [7, 11) is 0. The first-order valence-corrected chi connectivity index (χ1v) is 6.39. The molecule has 2 amide bonds. The lowest BCUT2D eigenvalue weighted by Gasteiger charge is -2.19. The van der Waals surface area contributed by atoms with Crippen molar-refractivity contribution in [3.63, 3.8) is 0 Å². The Bertz CT molecular complexity index is 292. The second-order valence-corrected chi connectivity index (χ2v) is 4.72. The molecule has 18 heavy (non-hydrogen) atoms. The molecular formula is C12H22N2O4. The molecule has 1 aliphatic rings. The first-order chi connectivity index (χ1) is 8.52. The number of urea groups is 1. The molecule has 0 aromatic heterocycles. The summed E-state index contributed by atoms with van der Waals surface area (Å²) in [6, 6.07) is -0.670. The van der Waals surface area contributed by atoms with Crippen molar-refractivity contribution >= 4 is 12.0 Å². The van der Waals surface area contributed by atoms with Crippen LogP contribution in [0.5, 0.6) is 0 Å². The van der Waals surface area contributed by atoms with E-state index in [1.807, 2.05) is 13.8 Å². The van der Waals surface area contributed by atoms with Crippen molar-refractivity contribution in [2.75, 3.05) is 13.2 Å². The first-order valence-electron chi connectivity index (χ1n) is 6.39. The minimum absolute atomic E-state index is 0.0159. The predicted molar refractivity (Wildman–Crippen MR) is 66.4 cm³/mol. The molecular weight excluding hydrogens is 236 g/mol. The maximum Gasteiger partial charge on any atom is 0.315 e. The zero-order chi connectivity index (χ0) is 13.5. The molecule has 2 unspecified atom stereocenters. The van der Waals surface area contributed by atoms with Crippen LogP contribution in [-0.4, -0.2) is 42.4 Å². The largest absolute Gasteiger partial charge is 0.481 e. The van der Waals surface area contributed by atoms with Gasteiger partial charge in [0.05, 0.1) is 19.1 Å². The molecule has 104 valence electrons. The fourth-order valence-corrected chi connectivity index (χ4v) is 1.79. The summed E-state index contributed by atoms with van der Waals surface area (Å²) in [5.41, 5.74) is 0. The molecule has 1 aliphatic carbocycles. The molecule has 6 nitrogen and oxygen atoms in total. The van der Waals surface area contributed by atoms with E-state index in [2.05, 4.69) is 10.6 Å². The Morgan fingerprint density at radius 3 is 2.56 bits per heavy atom. The molecule has 3 N–H and O–H groups in total. The van der Waals surface area contributed by atoms with Gasteiger partial charge in [0.1, 0.15) is 0 Å². The van der Waals surface area contributed by atoms with Crippen LogP contribution in [0.4, 0.5) is 4.79 Å². The minimum Gasteiger partial charge on any atom is -0.481 e. The Hall–Kier alpha value is -1.30. The Labute approximate surface area is 107 Å². The highest BCUT2D eigenvalue weighted by atomic mass is 16.5. The van der Waals surface area contributed by atoms with E-state index in [-0.39, 0.29) is 24.5 Å². The van der Waals surface area contributed by atoms with Gasteiger partial charge in [-0.3, -0.25) is 4.79 Å². The van der Waals surface area contributed by atoms with Crippen LogP contribution < -0.4 is 10.6 Å². The topological polar surface area (TPSA) is 87.7 Å². The third-order valence-electron chi connectivity index (χ3n) is 2.85. The molecule has 0 aromatic carbocycles. The van der Waals surface area contributed by atoms with Gasteiger partial charge in [-0.1, -0.05) is 0 Å². The molecule has 1 saturated carbocycles. The van der Waals surface area contributed by atoms with Crippen molar-refractivity contribution in [1.82, 2.24) is 10.6 Å². The SMILES string of the molecule is CCOCC(C)NC(=O)NC(CC(=O)O)C1CC1. The van der Waals surface area contributed by atoms with Crippen molar-refractivity contribution in [3.8, 4) is 0 Å². The Morgan fingerprint density at radius 2 is 2.06 bits per heavy atom. The van der Waals surface area contributed by atoms with Gasteiger partial charge >= 0.3 is 12.0 Å². The van der Waals surface area contributed by atoms with Crippen molar-refractivity contribution in [3.05, 3.63) is 0 Å². The van der Waals surface area contributed by atoms with E-state index >= 15 is 0 Å². The number of carbonyl (C=O) groups is 2. The van der Waals surface area contributed by atoms with Gasteiger partial charge in [-0.25, -0.2) is 4.79 Å². The number of carboxylic acid groups (broad SMARTS) is 1. The van der Waals surface area contributed by atoms with E-state index < -0.39 is 5.97 Å². The van der Waals surface area contributed by atoms with Crippen LogP contribution in [0.2, 0.25) is 0 Å². The average molecular weight is 258 g/mol. The summed E-state index contributed by atoms with van der Waals surface area (Å²) in [4.78, 5) is 22.4. The quantitative estimate of drug-likeness (QED) is 0.605. The lowest BCUT2D eigenvalue weighted by atomic mass is 10.1. The fourth-order valence-electron chi connectivity index (χ4n) is 1.79. The minimum atomic E-state index is -0.880. The highest BCUT2D eigenvalue weighted by Gasteiger charge is 2.33. The number of carbonyl (C=O) groups excluding carboxylic acids is 1. The average Bonchev–Trinajstić information content (AvgIpc) is 3.08. The van der Waals surface area contributed by atoms with Crippen molar-refractivity contribution in [2.45, 2.75) is 45.2 Å². The third-order valence-corrected chi connectivity index (χ3v) is 2.85. The van der Waals surface area contributed by atoms with Gasteiger partial charge in [0.25, 0.3) is 0 Å². The lowest BCUT2D eigenvalue weighted by Crippen LogP contribution is -2.48. The summed E-state index contributed by atoms with van der Waals surface area (Å²) in [5, 5.41) is 14.2. The molecule has 0 spiro atoms. The van der Waals surface area contributed by atoms with Gasteiger partial charge in [-0.15, -0.1) is 0 Å². The first kappa shape index (κ1) is 14.8. The second-order valence-electron chi connectivity index (χ2n) is 4.72. The highest BCUT2D eigenvalue weighted by molar-refractivity contribution is 5.76. The zero-order valence-corrected chi connectivity index (χ0v) is 10.9. The lowest BCUT2D eigenvalue weighted by molar-refractivity contribution is -0.137. The summed E-state index contributed by atoms with van der Waals surface area (Å²) >= 11 is 0. The van der Waals surface area contributed by atoms with E-state index in [0.717, 1.165) is 12.8 Å². The van der Waals surface area contributed by atoms with Crippen LogP contribution in [0.1, 0.15) is 33.1 Å². The monoisotopic (exact) mass is 258 g/mol. The molecule has 0 aromatic rings. The summed E-state index contributed by atoms with van der Waals surface area (Å²) in [5.74, 6) is -0.566. The van der Waals surface area contributed by atoms with E-state index in [1.54, 1.807) is 0 Å². The number of rotatable bonds is 8. The van der Waals surface area contributed by atoms with Crippen molar-refractivity contribution in [1.29, 1.82) is 0 Å².